The molecule has 3 atom stereocenters. The molecular formula is C36H62NSi3Sm+2. The zero-order valence-electron chi connectivity index (χ0n) is 28.7. The van der Waals surface area contributed by atoms with E-state index in [1.54, 1.807) is 11.5 Å². The van der Waals surface area contributed by atoms with Gasteiger partial charge in [-0.1, -0.05) is 122 Å². The van der Waals surface area contributed by atoms with Crippen LogP contribution in [0.15, 0.2) is 0 Å². The third kappa shape index (κ3) is 9.50. The van der Waals surface area contributed by atoms with Crippen molar-refractivity contribution in [3.05, 3.63) is 64.6 Å². The molecule has 5 aliphatic carbocycles. The minimum atomic E-state index is -1.67. The van der Waals surface area contributed by atoms with Crippen molar-refractivity contribution in [2.24, 2.45) is 23.7 Å². The van der Waals surface area contributed by atoms with Crippen LogP contribution in [0, 0.1) is 124 Å². The first kappa shape index (κ1) is 37.4. The minimum Gasteiger partial charge on any atom is -0.668 e. The van der Waals surface area contributed by atoms with E-state index >= 15 is 0 Å². The average Bonchev–Trinajstić information content (AvgIpc) is 3.46. The van der Waals surface area contributed by atoms with Gasteiger partial charge in [0.05, 0.1) is 8.07 Å². The van der Waals surface area contributed by atoms with Crippen LogP contribution in [0.1, 0.15) is 91.4 Å². The van der Waals surface area contributed by atoms with E-state index in [-0.39, 0.29) is 40.4 Å². The van der Waals surface area contributed by atoms with E-state index in [2.05, 4.69) is 92.4 Å². The van der Waals surface area contributed by atoms with Gasteiger partial charge in [0, 0.05) is 0 Å². The fourth-order valence-corrected chi connectivity index (χ4v) is 20.2. The summed E-state index contributed by atoms with van der Waals surface area (Å²) in [7, 11) is -3.88. The van der Waals surface area contributed by atoms with Crippen LogP contribution in [0.3, 0.4) is 0 Å². The zero-order chi connectivity index (χ0) is 29.5. The Balaban J connectivity index is 0.000000403. The van der Waals surface area contributed by atoms with Crippen molar-refractivity contribution < 1.29 is 40.4 Å². The van der Waals surface area contributed by atoms with Crippen molar-refractivity contribution in [2.75, 3.05) is 0 Å². The van der Waals surface area contributed by atoms with Gasteiger partial charge in [-0.3, -0.25) is 0 Å². The van der Waals surface area contributed by atoms with Gasteiger partial charge in [-0.05, 0) is 122 Å². The number of fused-ring (bicyclic) bond motifs is 3. The summed E-state index contributed by atoms with van der Waals surface area (Å²) in [4.78, 5) is 0. The van der Waals surface area contributed by atoms with Crippen LogP contribution >= 0.6 is 0 Å². The molecule has 1 nitrogen and oxygen atoms in total. The summed E-state index contributed by atoms with van der Waals surface area (Å²) >= 11 is 0. The number of hydrogen-bond donors (Lipinski definition) is 0. The van der Waals surface area contributed by atoms with Crippen LogP contribution in [0.25, 0.3) is 4.65 Å². The molecule has 5 aliphatic rings. The summed E-state index contributed by atoms with van der Waals surface area (Å²) in [6, 6.07) is 0. The third-order valence-corrected chi connectivity index (χ3v) is 19.1. The van der Waals surface area contributed by atoms with Gasteiger partial charge in [0.15, 0.2) is 0 Å². The molecule has 0 heterocycles. The molecular weight excluding hydrogens is 681 g/mol. The molecule has 5 heteroatoms. The molecule has 0 aromatic carbocycles. The van der Waals surface area contributed by atoms with E-state index in [1.807, 2.05) is 29.2 Å². The van der Waals surface area contributed by atoms with E-state index < -0.39 is 24.5 Å². The zero-order valence-corrected chi connectivity index (χ0v) is 34.3. The summed E-state index contributed by atoms with van der Waals surface area (Å²) in [5, 5.41) is 0. The molecule has 5 rings (SSSR count). The maximum Gasteiger partial charge on any atom is 3.00 e. The van der Waals surface area contributed by atoms with Crippen molar-refractivity contribution in [3.63, 3.8) is 0 Å². The molecule has 0 saturated heterocycles. The average molecular weight is 744 g/mol. The van der Waals surface area contributed by atoms with Gasteiger partial charge in [0.2, 0.25) is 0 Å². The summed E-state index contributed by atoms with van der Waals surface area (Å²) < 4.78 is 4.82. The molecule has 227 valence electrons. The first-order chi connectivity index (χ1) is 18.6. The first-order valence-electron chi connectivity index (χ1n) is 16.9. The topological polar surface area (TPSA) is 14.1 Å². The summed E-state index contributed by atoms with van der Waals surface area (Å²) in [6.45, 7) is 26.5. The Hall–Kier alpha value is 1.95. The van der Waals surface area contributed by atoms with E-state index in [9.17, 15) is 0 Å². The van der Waals surface area contributed by atoms with E-state index in [0.717, 1.165) is 23.7 Å². The molecule has 0 N–H and O–H groups in total. The van der Waals surface area contributed by atoms with Crippen LogP contribution in [0.2, 0.25) is 52.4 Å². The second-order valence-electron chi connectivity index (χ2n) is 16.6. The van der Waals surface area contributed by atoms with Gasteiger partial charge in [0.25, 0.3) is 0 Å². The molecule has 0 bridgehead atoms. The van der Waals surface area contributed by atoms with Crippen molar-refractivity contribution in [2.45, 2.75) is 144 Å². The third-order valence-electron chi connectivity index (χ3n) is 10.1. The quantitative estimate of drug-likeness (QED) is 0.241. The number of rotatable bonds is 6. The summed E-state index contributed by atoms with van der Waals surface area (Å²) in [5.74, 6) is 12.3. The molecule has 5 fully saturated rings. The monoisotopic (exact) mass is 744 g/mol. The Kier molecular flexibility index (Phi) is 13.9. The Morgan fingerprint density at radius 1 is 0.707 bits per heavy atom. The predicted octanol–water partition coefficient (Wildman–Crippen LogP) is 11.3. The molecule has 0 aromatic heterocycles. The van der Waals surface area contributed by atoms with Crippen molar-refractivity contribution in [3.8, 4) is 0 Å². The van der Waals surface area contributed by atoms with Gasteiger partial charge < -0.3 is 4.65 Å². The minimum absolute atomic E-state index is 0. The molecule has 5 saturated carbocycles. The predicted molar refractivity (Wildman–Crippen MR) is 185 cm³/mol. The van der Waals surface area contributed by atoms with Crippen molar-refractivity contribution >= 4 is 24.5 Å². The van der Waals surface area contributed by atoms with Crippen molar-refractivity contribution in [1.29, 1.82) is 0 Å². The van der Waals surface area contributed by atoms with E-state index in [4.69, 9.17) is 4.65 Å². The molecule has 0 aromatic rings. The Morgan fingerprint density at radius 2 is 1.20 bits per heavy atom. The Labute approximate surface area is 294 Å². The van der Waals surface area contributed by atoms with Gasteiger partial charge >= 0.3 is 40.4 Å². The van der Waals surface area contributed by atoms with Crippen LogP contribution in [-0.2, 0) is 0 Å². The maximum atomic E-state index is 4.82. The van der Waals surface area contributed by atoms with E-state index in [0.29, 0.717) is 0 Å². The Morgan fingerprint density at radius 3 is 1.63 bits per heavy atom. The van der Waals surface area contributed by atoms with Gasteiger partial charge in [-0.2, -0.15) is 0 Å². The molecule has 0 spiro atoms. The summed E-state index contributed by atoms with van der Waals surface area (Å²) in [6.07, 6.45) is 23.2. The van der Waals surface area contributed by atoms with Crippen LogP contribution in [0.4, 0.5) is 0 Å². The molecule has 0 aliphatic heterocycles. The second kappa shape index (κ2) is 15.2. The molecule has 41 heavy (non-hydrogen) atoms. The molecule has 11 radical (unpaired) electrons. The second-order valence-corrected chi connectivity index (χ2v) is 30.6. The van der Waals surface area contributed by atoms with Gasteiger partial charge in [-0.25, -0.2) is 0 Å². The molecule has 0 amide bonds. The SMILES string of the molecule is CC(C)[C@@H]1CC[C@@H](C)C[C@H]1[C]1[CH][CH][C]([Si](C)(C)[C]2[C]3CCCC[C]3[C]3CCCC[C]32)[CH]1.C[Si](C)(C)[N-][Si](C)(C)C.[Sm+3]. The van der Waals surface area contributed by atoms with Crippen LogP contribution < -0.4 is 0 Å². The first-order valence-corrected chi connectivity index (χ1v) is 26.8. The largest absolute Gasteiger partial charge is 3.00 e. The standard InChI is InChI=1S/C30H44Si.C6H18NSi2.Sm/c1-20(2)24-17-14-21(3)18-29(24)22-15-16-23(19-22)31(4,5)30-27-12-8-6-10-25(27)26-11-7-9-13-28(26)30;1-8(2,3)7-9(4,5)6;/h15-16,19-21,24,29H,6-14,17-18H2,1-5H3;1-6H3;/q;-1;+3/t21-,24+,29+;;/m1../s1. The van der Waals surface area contributed by atoms with Crippen LogP contribution in [0.5, 0.6) is 0 Å². The molecule has 0 unspecified atom stereocenters. The van der Waals surface area contributed by atoms with Crippen LogP contribution in [-0.4, -0.2) is 24.5 Å². The van der Waals surface area contributed by atoms with Gasteiger partial charge in [-0.15, -0.1) is 0 Å². The maximum absolute atomic E-state index is 4.82. The number of nitrogens with zero attached hydrogens (tertiary/aromatic N) is 1. The Bertz CT molecular complexity index is 768. The fourth-order valence-electron chi connectivity index (χ4n) is 8.78. The fraction of sp³-hybridized carbons (Fsp3) is 0.722. The normalized spacial score (nSPS) is 30.6. The van der Waals surface area contributed by atoms with Gasteiger partial charge in [0.1, 0.15) is 0 Å². The summed E-state index contributed by atoms with van der Waals surface area (Å²) in [5.41, 5.74) is 3.61. The van der Waals surface area contributed by atoms with E-state index in [1.165, 1.54) is 70.6 Å². The van der Waals surface area contributed by atoms with Crippen molar-refractivity contribution in [1.82, 2.24) is 0 Å². The number of hydrogen-bond acceptors (Lipinski definition) is 0. The smallest absolute Gasteiger partial charge is 0.668 e.